The smallest absolute Gasteiger partial charge is 0.251 e. The van der Waals surface area contributed by atoms with Crippen LogP contribution in [0.1, 0.15) is 21.8 Å². The van der Waals surface area contributed by atoms with E-state index in [4.69, 9.17) is 4.52 Å². The molecule has 0 radical (unpaired) electrons. The summed E-state index contributed by atoms with van der Waals surface area (Å²) in [5.74, 6) is -4.79. The Hall–Kier alpha value is -2.31. The van der Waals surface area contributed by atoms with Crippen LogP contribution in [-0.2, 0) is 6.54 Å². The third kappa shape index (κ3) is 2.93. The maximum Gasteiger partial charge on any atom is 0.251 e. The molecular weight excluding hydrogens is 261 g/mol. The van der Waals surface area contributed by atoms with Crippen molar-refractivity contribution >= 4 is 5.91 Å². The highest BCUT2D eigenvalue weighted by Gasteiger charge is 2.15. The fourth-order valence-corrected chi connectivity index (χ4v) is 1.46. The molecule has 1 aromatic carbocycles. The van der Waals surface area contributed by atoms with E-state index in [-0.39, 0.29) is 12.1 Å². The number of carbonyl (C=O) groups excluding carboxylic acids is 1. The molecular formula is C12H9F3N2O2. The van der Waals surface area contributed by atoms with Gasteiger partial charge in [0.05, 0.1) is 12.2 Å². The predicted octanol–water partition coefficient (Wildman–Crippen LogP) is 2.33. The lowest BCUT2D eigenvalue weighted by Gasteiger charge is -2.04. The van der Waals surface area contributed by atoms with E-state index >= 15 is 0 Å². The van der Waals surface area contributed by atoms with Gasteiger partial charge in [0.15, 0.2) is 23.2 Å². The van der Waals surface area contributed by atoms with E-state index < -0.39 is 23.4 Å². The number of carbonyl (C=O) groups is 1. The second-order valence-corrected chi connectivity index (χ2v) is 3.87. The Balaban J connectivity index is 2.08. The molecule has 100 valence electrons. The lowest BCUT2D eigenvalue weighted by molar-refractivity contribution is 0.0946. The van der Waals surface area contributed by atoms with E-state index in [1.807, 2.05) is 0 Å². The Morgan fingerprint density at radius 3 is 2.42 bits per heavy atom. The Kier molecular flexibility index (Phi) is 3.55. The maximum absolute atomic E-state index is 12.9. The van der Waals surface area contributed by atoms with Gasteiger partial charge in [-0.2, -0.15) is 0 Å². The summed E-state index contributed by atoms with van der Waals surface area (Å²) < 4.78 is 43.5. The van der Waals surface area contributed by atoms with Crippen LogP contribution in [0.2, 0.25) is 0 Å². The van der Waals surface area contributed by atoms with E-state index in [2.05, 4.69) is 10.5 Å². The third-order valence-electron chi connectivity index (χ3n) is 2.35. The van der Waals surface area contributed by atoms with Gasteiger partial charge < -0.3 is 9.84 Å². The minimum atomic E-state index is -1.61. The van der Waals surface area contributed by atoms with Gasteiger partial charge in [-0.3, -0.25) is 4.79 Å². The van der Waals surface area contributed by atoms with Crippen molar-refractivity contribution in [3.05, 3.63) is 52.7 Å². The van der Waals surface area contributed by atoms with Crippen molar-refractivity contribution in [2.24, 2.45) is 0 Å². The fraction of sp³-hybridized carbons (Fsp3) is 0.167. The van der Waals surface area contributed by atoms with Crippen molar-refractivity contribution in [3.63, 3.8) is 0 Å². The van der Waals surface area contributed by atoms with Gasteiger partial charge in [0.2, 0.25) is 0 Å². The first-order chi connectivity index (χ1) is 8.97. The number of rotatable bonds is 3. The first kappa shape index (κ1) is 13.1. The number of nitrogens with one attached hydrogen (secondary N) is 1. The monoisotopic (exact) mass is 270 g/mol. The van der Waals surface area contributed by atoms with Gasteiger partial charge in [0.25, 0.3) is 5.91 Å². The SMILES string of the molecule is Cc1cc(CNC(=O)c2cc(F)c(F)c(F)c2)on1. The van der Waals surface area contributed by atoms with Crippen LogP contribution >= 0.6 is 0 Å². The predicted molar refractivity (Wildman–Crippen MR) is 58.7 cm³/mol. The summed E-state index contributed by atoms with van der Waals surface area (Å²) >= 11 is 0. The molecule has 0 atom stereocenters. The number of hydrogen-bond acceptors (Lipinski definition) is 3. The Morgan fingerprint density at radius 2 is 1.89 bits per heavy atom. The van der Waals surface area contributed by atoms with Crippen LogP contribution in [0, 0.1) is 24.4 Å². The van der Waals surface area contributed by atoms with Crippen molar-refractivity contribution in [3.8, 4) is 0 Å². The number of benzene rings is 1. The molecule has 1 N–H and O–H groups in total. The molecule has 1 amide bonds. The molecule has 0 aliphatic heterocycles. The van der Waals surface area contributed by atoms with Crippen LogP contribution in [-0.4, -0.2) is 11.1 Å². The van der Waals surface area contributed by atoms with Gasteiger partial charge in [-0.05, 0) is 19.1 Å². The summed E-state index contributed by atoms with van der Waals surface area (Å²) in [5.41, 5.74) is 0.329. The number of halogens is 3. The molecule has 0 spiro atoms. The number of aromatic nitrogens is 1. The normalized spacial score (nSPS) is 10.5. The Bertz CT molecular complexity index is 602. The second kappa shape index (κ2) is 5.13. The van der Waals surface area contributed by atoms with E-state index in [9.17, 15) is 18.0 Å². The summed E-state index contributed by atoms with van der Waals surface area (Å²) in [6, 6.07) is 2.85. The minimum absolute atomic E-state index is 0.0142. The van der Waals surface area contributed by atoms with E-state index in [1.165, 1.54) is 0 Å². The summed E-state index contributed by atoms with van der Waals surface area (Å²) in [5, 5.41) is 5.99. The zero-order valence-corrected chi connectivity index (χ0v) is 9.84. The summed E-state index contributed by atoms with van der Waals surface area (Å²) in [6.45, 7) is 1.72. The maximum atomic E-state index is 12.9. The first-order valence-electron chi connectivity index (χ1n) is 5.32. The zero-order valence-electron chi connectivity index (χ0n) is 9.84. The highest BCUT2D eigenvalue weighted by atomic mass is 19.2. The summed E-state index contributed by atoms with van der Waals surface area (Å²) in [7, 11) is 0. The summed E-state index contributed by atoms with van der Waals surface area (Å²) in [4.78, 5) is 11.6. The van der Waals surface area contributed by atoms with Crippen molar-refractivity contribution in [2.75, 3.05) is 0 Å². The van der Waals surface area contributed by atoms with Crippen LogP contribution in [0.15, 0.2) is 22.7 Å². The molecule has 0 unspecified atom stereocenters. The molecule has 0 saturated carbocycles. The molecule has 0 saturated heterocycles. The molecule has 0 bridgehead atoms. The van der Waals surface area contributed by atoms with Crippen molar-refractivity contribution < 1.29 is 22.5 Å². The van der Waals surface area contributed by atoms with Gasteiger partial charge in [-0.15, -0.1) is 0 Å². The van der Waals surface area contributed by atoms with Crippen LogP contribution in [0.4, 0.5) is 13.2 Å². The molecule has 1 heterocycles. The molecule has 19 heavy (non-hydrogen) atoms. The van der Waals surface area contributed by atoms with E-state index in [0.29, 0.717) is 23.6 Å². The largest absolute Gasteiger partial charge is 0.359 e. The average molecular weight is 270 g/mol. The van der Waals surface area contributed by atoms with E-state index in [0.717, 1.165) is 0 Å². The summed E-state index contributed by atoms with van der Waals surface area (Å²) in [6.07, 6.45) is 0. The Morgan fingerprint density at radius 1 is 1.26 bits per heavy atom. The number of amides is 1. The van der Waals surface area contributed by atoms with Gasteiger partial charge in [0.1, 0.15) is 0 Å². The van der Waals surface area contributed by atoms with Crippen LogP contribution in [0.5, 0.6) is 0 Å². The minimum Gasteiger partial charge on any atom is -0.359 e. The third-order valence-corrected chi connectivity index (χ3v) is 2.35. The van der Waals surface area contributed by atoms with Gasteiger partial charge in [0, 0.05) is 11.6 Å². The molecule has 2 rings (SSSR count). The average Bonchev–Trinajstić information content (AvgIpc) is 2.78. The quantitative estimate of drug-likeness (QED) is 0.871. The van der Waals surface area contributed by atoms with Crippen LogP contribution in [0.3, 0.4) is 0 Å². The molecule has 4 nitrogen and oxygen atoms in total. The van der Waals surface area contributed by atoms with E-state index in [1.54, 1.807) is 13.0 Å². The number of nitrogens with zero attached hydrogens (tertiary/aromatic N) is 1. The topological polar surface area (TPSA) is 55.1 Å². The van der Waals surface area contributed by atoms with Gasteiger partial charge in [-0.1, -0.05) is 5.16 Å². The molecule has 2 aromatic rings. The molecule has 0 aliphatic rings. The number of aryl methyl sites for hydroxylation is 1. The highest BCUT2D eigenvalue weighted by molar-refractivity contribution is 5.94. The van der Waals surface area contributed by atoms with Crippen molar-refractivity contribution in [2.45, 2.75) is 13.5 Å². The van der Waals surface area contributed by atoms with Gasteiger partial charge >= 0.3 is 0 Å². The lowest BCUT2D eigenvalue weighted by Crippen LogP contribution is -2.23. The molecule has 7 heteroatoms. The standard InChI is InChI=1S/C12H9F3N2O2/c1-6-2-8(19-17-6)5-16-12(18)7-3-9(13)11(15)10(14)4-7/h2-4H,5H2,1H3,(H,16,18). The van der Waals surface area contributed by atoms with Crippen molar-refractivity contribution in [1.82, 2.24) is 10.5 Å². The van der Waals surface area contributed by atoms with Gasteiger partial charge in [-0.25, -0.2) is 13.2 Å². The lowest BCUT2D eigenvalue weighted by atomic mass is 10.2. The fourth-order valence-electron chi connectivity index (χ4n) is 1.46. The first-order valence-corrected chi connectivity index (χ1v) is 5.32. The number of hydrogen-bond donors (Lipinski definition) is 1. The molecule has 1 aromatic heterocycles. The zero-order chi connectivity index (χ0) is 14.0. The van der Waals surface area contributed by atoms with Crippen molar-refractivity contribution in [1.29, 1.82) is 0 Å². The molecule has 0 fully saturated rings. The Labute approximate surface area is 106 Å². The second-order valence-electron chi connectivity index (χ2n) is 3.87. The highest BCUT2D eigenvalue weighted by Crippen LogP contribution is 2.13. The van der Waals surface area contributed by atoms with Crippen LogP contribution < -0.4 is 5.32 Å². The molecule has 0 aliphatic carbocycles. The van der Waals surface area contributed by atoms with Crippen LogP contribution in [0.25, 0.3) is 0 Å².